The van der Waals surface area contributed by atoms with E-state index < -0.39 is 29.4 Å². The highest BCUT2D eigenvalue weighted by Gasteiger charge is 2.43. The first-order chi connectivity index (χ1) is 8.41. The van der Waals surface area contributed by atoms with E-state index in [2.05, 4.69) is 0 Å². The topological polar surface area (TPSA) is 40.5 Å². The van der Waals surface area contributed by atoms with Gasteiger partial charge in [-0.3, -0.25) is 4.79 Å². The fourth-order valence-corrected chi connectivity index (χ4v) is 2.67. The third-order valence-corrected chi connectivity index (χ3v) is 3.78. The van der Waals surface area contributed by atoms with Gasteiger partial charge in [-0.15, -0.1) is 0 Å². The molecule has 0 aliphatic carbocycles. The van der Waals surface area contributed by atoms with Crippen LogP contribution in [0, 0.1) is 17.6 Å². The summed E-state index contributed by atoms with van der Waals surface area (Å²) in [7, 11) is 1.81. The number of carboxylic acid groups (broad SMARTS) is 1. The summed E-state index contributed by atoms with van der Waals surface area (Å²) in [4.78, 5) is 13.2. The molecule has 1 saturated heterocycles. The van der Waals surface area contributed by atoms with Gasteiger partial charge >= 0.3 is 5.97 Å². The van der Waals surface area contributed by atoms with Gasteiger partial charge in [-0.25, -0.2) is 8.78 Å². The Hall–Kier alpha value is -1.49. The van der Waals surface area contributed by atoms with Crippen LogP contribution in [-0.2, 0) is 4.79 Å². The van der Waals surface area contributed by atoms with Crippen LogP contribution in [0.4, 0.5) is 8.78 Å². The Bertz CT molecular complexity index is 478. The summed E-state index contributed by atoms with van der Waals surface area (Å²) in [6.45, 7) is 2.26. The molecule has 1 heterocycles. The average molecular weight is 255 g/mol. The van der Waals surface area contributed by atoms with Crippen molar-refractivity contribution in [2.75, 3.05) is 13.6 Å². The van der Waals surface area contributed by atoms with E-state index in [0.717, 1.165) is 6.07 Å². The number of carboxylic acids is 1. The van der Waals surface area contributed by atoms with Gasteiger partial charge in [0.25, 0.3) is 0 Å². The summed E-state index contributed by atoms with van der Waals surface area (Å²) in [5.74, 6) is -3.38. The molecule has 1 aromatic rings. The maximum atomic E-state index is 13.7. The van der Waals surface area contributed by atoms with Crippen molar-refractivity contribution >= 4 is 5.97 Å². The first-order valence-electron chi connectivity index (χ1n) is 5.79. The number of hydrogen-bond acceptors (Lipinski definition) is 2. The molecule has 0 amide bonds. The molecule has 1 fully saturated rings. The summed E-state index contributed by atoms with van der Waals surface area (Å²) in [5.41, 5.74) is 0.278. The molecular formula is C13H15F2NO2. The van der Waals surface area contributed by atoms with Crippen LogP contribution in [-0.4, -0.2) is 35.6 Å². The zero-order chi connectivity index (χ0) is 13.4. The minimum absolute atomic E-state index is 0.169. The Morgan fingerprint density at radius 3 is 2.67 bits per heavy atom. The van der Waals surface area contributed by atoms with E-state index in [9.17, 15) is 18.7 Å². The average Bonchev–Trinajstić information content (AvgIpc) is 2.55. The molecule has 0 spiro atoms. The molecule has 0 saturated carbocycles. The lowest BCUT2D eigenvalue weighted by Crippen LogP contribution is -2.30. The number of likely N-dealkylation sites (N-methyl/N-ethyl adjacent to an activating group) is 1. The van der Waals surface area contributed by atoms with Gasteiger partial charge in [0.05, 0.1) is 5.92 Å². The fourth-order valence-electron chi connectivity index (χ4n) is 2.67. The van der Waals surface area contributed by atoms with Gasteiger partial charge < -0.3 is 10.0 Å². The van der Waals surface area contributed by atoms with Gasteiger partial charge in [-0.2, -0.15) is 0 Å². The van der Waals surface area contributed by atoms with E-state index in [4.69, 9.17) is 0 Å². The highest BCUT2D eigenvalue weighted by atomic mass is 19.1. The number of likely N-dealkylation sites (tertiary alicyclic amines) is 1. The van der Waals surface area contributed by atoms with Gasteiger partial charge in [-0.05, 0) is 25.6 Å². The second-order valence-electron chi connectivity index (χ2n) is 4.82. The summed E-state index contributed by atoms with van der Waals surface area (Å²) in [5, 5.41) is 9.26. The number of nitrogens with zero attached hydrogens (tertiary/aromatic N) is 1. The van der Waals surface area contributed by atoms with Crippen molar-refractivity contribution < 1.29 is 18.7 Å². The van der Waals surface area contributed by atoms with Gasteiger partial charge in [0.2, 0.25) is 0 Å². The molecule has 0 radical (unpaired) electrons. The Kier molecular flexibility index (Phi) is 3.34. The second-order valence-corrected chi connectivity index (χ2v) is 4.82. The van der Waals surface area contributed by atoms with E-state index in [0.29, 0.717) is 6.54 Å². The van der Waals surface area contributed by atoms with E-state index >= 15 is 0 Å². The lowest BCUT2D eigenvalue weighted by Gasteiger charge is -2.19. The zero-order valence-corrected chi connectivity index (χ0v) is 10.2. The third-order valence-electron chi connectivity index (χ3n) is 3.78. The largest absolute Gasteiger partial charge is 0.481 e. The first kappa shape index (κ1) is 13.0. The molecule has 0 aromatic heterocycles. The van der Waals surface area contributed by atoms with Crippen LogP contribution in [0.25, 0.3) is 0 Å². The molecule has 1 aliphatic rings. The van der Waals surface area contributed by atoms with Crippen LogP contribution < -0.4 is 0 Å². The molecule has 0 bridgehead atoms. The Morgan fingerprint density at radius 1 is 1.44 bits per heavy atom. The lowest BCUT2D eigenvalue weighted by atomic mass is 9.85. The molecule has 98 valence electrons. The van der Waals surface area contributed by atoms with E-state index in [1.54, 1.807) is 6.92 Å². The molecular weight excluding hydrogens is 240 g/mol. The molecule has 3 nitrogen and oxygen atoms in total. The smallest absolute Gasteiger partial charge is 0.308 e. The SMILES string of the molecule is CC1[C@@H](C(=O)O)[C@H](c2ccc(F)cc2F)CN1C. The predicted molar refractivity (Wildman–Crippen MR) is 62.3 cm³/mol. The van der Waals surface area contributed by atoms with Crippen molar-refractivity contribution in [3.63, 3.8) is 0 Å². The Balaban J connectivity index is 2.40. The van der Waals surface area contributed by atoms with Crippen molar-refractivity contribution in [2.24, 2.45) is 5.92 Å². The van der Waals surface area contributed by atoms with E-state index in [1.807, 2.05) is 11.9 Å². The minimum atomic E-state index is -0.944. The Morgan fingerprint density at radius 2 is 2.11 bits per heavy atom. The van der Waals surface area contributed by atoms with Crippen LogP contribution in [0.15, 0.2) is 18.2 Å². The van der Waals surface area contributed by atoms with Gasteiger partial charge in [0.1, 0.15) is 11.6 Å². The molecule has 1 unspecified atom stereocenters. The standard InChI is InChI=1S/C13H15F2NO2/c1-7-12(13(17)18)10(6-16(7)2)9-4-3-8(14)5-11(9)15/h3-5,7,10,12H,6H2,1-2H3,(H,17,18)/t7?,10-,12+/m0/s1. The van der Waals surface area contributed by atoms with Gasteiger partial charge in [0.15, 0.2) is 0 Å². The van der Waals surface area contributed by atoms with Crippen LogP contribution in [0.3, 0.4) is 0 Å². The van der Waals surface area contributed by atoms with Crippen molar-refractivity contribution in [3.8, 4) is 0 Å². The highest BCUT2D eigenvalue weighted by molar-refractivity contribution is 5.73. The van der Waals surface area contributed by atoms with Crippen LogP contribution in [0.1, 0.15) is 18.4 Å². The predicted octanol–water partition coefficient (Wildman–Crippen LogP) is 2.08. The lowest BCUT2D eigenvalue weighted by molar-refractivity contribution is -0.142. The van der Waals surface area contributed by atoms with Crippen molar-refractivity contribution in [1.29, 1.82) is 0 Å². The summed E-state index contributed by atoms with van der Waals surface area (Å²) in [6.07, 6.45) is 0. The Labute approximate surface area is 104 Å². The summed E-state index contributed by atoms with van der Waals surface area (Å²) >= 11 is 0. The van der Waals surface area contributed by atoms with Crippen LogP contribution in [0.5, 0.6) is 0 Å². The van der Waals surface area contributed by atoms with E-state index in [1.165, 1.54) is 12.1 Å². The van der Waals surface area contributed by atoms with Crippen molar-refractivity contribution in [2.45, 2.75) is 18.9 Å². The quantitative estimate of drug-likeness (QED) is 0.879. The molecule has 1 aromatic carbocycles. The van der Waals surface area contributed by atoms with Crippen molar-refractivity contribution in [1.82, 2.24) is 4.90 Å². The highest BCUT2D eigenvalue weighted by Crippen LogP contribution is 2.37. The summed E-state index contributed by atoms with van der Waals surface area (Å²) < 4.78 is 26.6. The third kappa shape index (κ3) is 2.10. The summed E-state index contributed by atoms with van der Waals surface area (Å²) in [6, 6.07) is 3.14. The molecule has 1 aliphatic heterocycles. The van der Waals surface area contributed by atoms with Gasteiger partial charge in [0, 0.05) is 24.6 Å². The number of hydrogen-bond donors (Lipinski definition) is 1. The maximum Gasteiger partial charge on any atom is 0.308 e. The monoisotopic (exact) mass is 255 g/mol. The van der Waals surface area contributed by atoms with Crippen LogP contribution >= 0.6 is 0 Å². The number of aliphatic carboxylic acids is 1. The van der Waals surface area contributed by atoms with E-state index in [-0.39, 0.29) is 11.6 Å². The normalized spacial score (nSPS) is 28.6. The number of rotatable bonds is 2. The number of halogens is 2. The second kappa shape index (κ2) is 4.65. The van der Waals surface area contributed by atoms with Gasteiger partial charge in [-0.1, -0.05) is 6.07 Å². The number of benzene rings is 1. The number of carbonyl (C=O) groups is 1. The molecule has 3 atom stereocenters. The first-order valence-corrected chi connectivity index (χ1v) is 5.79. The maximum absolute atomic E-state index is 13.7. The van der Waals surface area contributed by atoms with Crippen LogP contribution in [0.2, 0.25) is 0 Å². The van der Waals surface area contributed by atoms with Crippen molar-refractivity contribution in [3.05, 3.63) is 35.4 Å². The zero-order valence-electron chi connectivity index (χ0n) is 10.2. The molecule has 5 heteroatoms. The fraction of sp³-hybridized carbons (Fsp3) is 0.462. The minimum Gasteiger partial charge on any atom is -0.481 e. The molecule has 1 N–H and O–H groups in total. The molecule has 2 rings (SSSR count). The molecule has 18 heavy (non-hydrogen) atoms.